The largest absolute Gasteiger partial charge is 0.481 e. The van der Waals surface area contributed by atoms with Crippen molar-refractivity contribution in [3.63, 3.8) is 0 Å². The topological polar surface area (TPSA) is 49.7 Å². The van der Waals surface area contributed by atoms with Gasteiger partial charge in [0.1, 0.15) is 0 Å². The number of hydrogen-bond donors (Lipinski definition) is 1. The fourth-order valence-electron chi connectivity index (χ4n) is 2.75. The molecule has 21 heavy (non-hydrogen) atoms. The Balaban J connectivity index is 1.80. The molecule has 0 unspecified atom stereocenters. The third kappa shape index (κ3) is 4.55. The number of aliphatic carboxylic acids is 1. The highest BCUT2D eigenvalue weighted by atomic mass is 16.4. The Kier molecular flexibility index (Phi) is 5.32. The molecule has 112 valence electrons. The van der Waals surface area contributed by atoms with Gasteiger partial charge in [0.25, 0.3) is 0 Å². The Morgan fingerprint density at radius 1 is 1.29 bits per heavy atom. The lowest BCUT2D eigenvalue weighted by Gasteiger charge is -2.24. The zero-order valence-corrected chi connectivity index (χ0v) is 12.6. The van der Waals surface area contributed by atoms with Crippen LogP contribution in [0.4, 0.5) is 0 Å². The zero-order chi connectivity index (χ0) is 15.2. The van der Waals surface area contributed by atoms with E-state index in [1.807, 2.05) is 13.1 Å². The quantitative estimate of drug-likeness (QED) is 0.830. The molecule has 1 aromatic rings. The summed E-state index contributed by atoms with van der Waals surface area (Å²) in [7, 11) is 0. The number of rotatable bonds is 5. The van der Waals surface area contributed by atoms with Crippen molar-refractivity contribution in [2.24, 2.45) is 16.8 Å². The fraction of sp³-hybridized carbons (Fsp3) is 0.444. The molecule has 1 fully saturated rings. The van der Waals surface area contributed by atoms with E-state index in [0.717, 1.165) is 48.9 Å². The summed E-state index contributed by atoms with van der Waals surface area (Å²) in [5.41, 5.74) is 3.31. The summed E-state index contributed by atoms with van der Waals surface area (Å²) in [6.45, 7) is 6.72. The van der Waals surface area contributed by atoms with E-state index in [-0.39, 0.29) is 5.92 Å². The maximum atomic E-state index is 10.9. The molecule has 3 heteroatoms. The molecule has 0 bridgehead atoms. The van der Waals surface area contributed by atoms with Crippen LogP contribution < -0.4 is 0 Å². The molecule has 0 heterocycles. The molecule has 1 aromatic carbocycles. The van der Waals surface area contributed by atoms with Crippen molar-refractivity contribution < 1.29 is 9.90 Å². The van der Waals surface area contributed by atoms with Crippen LogP contribution in [0.5, 0.6) is 0 Å². The highest BCUT2D eigenvalue weighted by Gasteiger charge is 2.25. The molecule has 1 aliphatic carbocycles. The summed E-state index contributed by atoms with van der Waals surface area (Å²) in [5, 5.41) is 8.97. The minimum Gasteiger partial charge on any atom is -0.481 e. The molecule has 1 N–H and O–H groups in total. The van der Waals surface area contributed by atoms with Gasteiger partial charge in [0, 0.05) is 12.8 Å². The third-order valence-corrected chi connectivity index (χ3v) is 4.20. The minimum absolute atomic E-state index is 0.139. The Morgan fingerprint density at radius 2 is 1.90 bits per heavy atom. The van der Waals surface area contributed by atoms with Crippen molar-refractivity contribution in [1.82, 2.24) is 0 Å². The van der Waals surface area contributed by atoms with Crippen LogP contribution in [0, 0.1) is 11.8 Å². The lowest BCUT2D eigenvalue weighted by atomic mass is 9.82. The van der Waals surface area contributed by atoms with Gasteiger partial charge in [-0.2, -0.15) is 0 Å². The SMILES string of the molecule is C=C(C)c1ccc(C=NCC2CCC(C(=O)O)CC2)cc1. The molecule has 0 aromatic heterocycles. The fourth-order valence-corrected chi connectivity index (χ4v) is 2.75. The van der Waals surface area contributed by atoms with Gasteiger partial charge in [-0.1, -0.05) is 36.4 Å². The van der Waals surface area contributed by atoms with E-state index in [1.165, 1.54) is 0 Å². The number of carboxylic acids is 1. The van der Waals surface area contributed by atoms with Gasteiger partial charge in [-0.3, -0.25) is 9.79 Å². The lowest BCUT2D eigenvalue weighted by molar-refractivity contribution is -0.143. The van der Waals surface area contributed by atoms with E-state index < -0.39 is 5.97 Å². The molecule has 2 rings (SSSR count). The van der Waals surface area contributed by atoms with Crippen LogP contribution in [0.2, 0.25) is 0 Å². The summed E-state index contributed by atoms with van der Waals surface area (Å²) in [5.74, 6) is -0.249. The minimum atomic E-state index is -0.644. The second-order valence-electron chi connectivity index (χ2n) is 5.95. The molecular formula is C18H23NO2. The second-order valence-corrected chi connectivity index (χ2v) is 5.95. The van der Waals surface area contributed by atoms with Crippen molar-refractivity contribution in [2.45, 2.75) is 32.6 Å². The van der Waals surface area contributed by atoms with E-state index in [0.29, 0.717) is 5.92 Å². The van der Waals surface area contributed by atoms with E-state index >= 15 is 0 Å². The van der Waals surface area contributed by atoms with Crippen LogP contribution in [-0.4, -0.2) is 23.8 Å². The monoisotopic (exact) mass is 285 g/mol. The van der Waals surface area contributed by atoms with Gasteiger partial charge in [-0.25, -0.2) is 0 Å². The maximum Gasteiger partial charge on any atom is 0.306 e. The number of nitrogens with zero attached hydrogens (tertiary/aromatic N) is 1. The van der Waals surface area contributed by atoms with Crippen LogP contribution in [0.3, 0.4) is 0 Å². The smallest absolute Gasteiger partial charge is 0.306 e. The molecule has 0 atom stereocenters. The molecular weight excluding hydrogens is 262 g/mol. The van der Waals surface area contributed by atoms with Gasteiger partial charge in [0.05, 0.1) is 5.92 Å². The van der Waals surface area contributed by atoms with E-state index in [2.05, 4.69) is 35.8 Å². The average molecular weight is 285 g/mol. The summed E-state index contributed by atoms with van der Waals surface area (Å²) < 4.78 is 0. The van der Waals surface area contributed by atoms with E-state index in [1.54, 1.807) is 0 Å². The third-order valence-electron chi connectivity index (χ3n) is 4.20. The van der Waals surface area contributed by atoms with E-state index in [9.17, 15) is 4.79 Å². The average Bonchev–Trinajstić information content (AvgIpc) is 2.48. The molecule has 0 saturated heterocycles. The Bertz CT molecular complexity index is 523. The Labute approximate surface area is 126 Å². The van der Waals surface area contributed by atoms with Crippen molar-refractivity contribution in [3.8, 4) is 0 Å². The highest BCUT2D eigenvalue weighted by Crippen LogP contribution is 2.29. The van der Waals surface area contributed by atoms with Gasteiger partial charge in [-0.05, 0) is 49.7 Å². The van der Waals surface area contributed by atoms with Crippen LogP contribution in [0.1, 0.15) is 43.7 Å². The van der Waals surface area contributed by atoms with Crippen LogP contribution >= 0.6 is 0 Å². The normalized spacial score (nSPS) is 22.3. The van der Waals surface area contributed by atoms with Gasteiger partial charge in [-0.15, -0.1) is 0 Å². The predicted octanol–water partition coefficient (Wildman–Crippen LogP) is 4.03. The molecule has 0 aliphatic heterocycles. The number of benzene rings is 1. The number of hydrogen-bond acceptors (Lipinski definition) is 2. The van der Waals surface area contributed by atoms with Crippen molar-refractivity contribution in [3.05, 3.63) is 42.0 Å². The Morgan fingerprint density at radius 3 is 2.43 bits per heavy atom. The number of aliphatic imine (C=N–C) groups is 1. The van der Waals surface area contributed by atoms with Gasteiger partial charge in [0.15, 0.2) is 0 Å². The summed E-state index contributed by atoms with van der Waals surface area (Å²) >= 11 is 0. The number of allylic oxidation sites excluding steroid dienone is 1. The first-order chi connectivity index (χ1) is 10.1. The molecule has 1 saturated carbocycles. The van der Waals surface area contributed by atoms with Crippen LogP contribution in [0.25, 0.3) is 5.57 Å². The van der Waals surface area contributed by atoms with Crippen molar-refractivity contribution in [2.75, 3.05) is 6.54 Å². The summed E-state index contributed by atoms with van der Waals surface area (Å²) in [4.78, 5) is 15.4. The molecule has 3 nitrogen and oxygen atoms in total. The molecule has 0 spiro atoms. The van der Waals surface area contributed by atoms with E-state index in [4.69, 9.17) is 5.11 Å². The number of carbonyl (C=O) groups is 1. The highest BCUT2D eigenvalue weighted by molar-refractivity contribution is 5.80. The second kappa shape index (κ2) is 7.21. The first-order valence-electron chi connectivity index (χ1n) is 7.55. The number of carboxylic acid groups (broad SMARTS) is 1. The standard InChI is InChI=1S/C18H23NO2/c1-13(2)16-7-3-14(4-8-16)11-19-12-15-5-9-17(10-6-15)18(20)21/h3-4,7-8,11,15,17H,1,5-6,9-10,12H2,2H3,(H,20,21). The first kappa shape index (κ1) is 15.5. The first-order valence-corrected chi connectivity index (χ1v) is 7.55. The van der Waals surface area contributed by atoms with Gasteiger partial charge in [0.2, 0.25) is 0 Å². The van der Waals surface area contributed by atoms with Crippen LogP contribution in [-0.2, 0) is 4.79 Å². The van der Waals surface area contributed by atoms with Crippen LogP contribution in [0.15, 0.2) is 35.8 Å². The zero-order valence-electron chi connectivity index (χ0n) is 12.6. The maximum absolute atomic E-state index is 10.9. The summed E-state index contributed by atoms with van der Waals surface area (Å²) in [6, 6.07) is 8.22. The predicted molar refractivity (Wildman–Crippen MR) is 86.7 cm³/mol. The van der Waals surface area contributed by atoms with Gasteiger partial charge < -0.3 is 5.11 Å². The molecule has 0 amide bonds. The molecule has 0 radical (unpaired) electrons. The van der Waals surface area contributed by atoms with Crippen molar-refractivity contribution in [1.29, 1.82) is 0 Å². The van der Waals surface area contributed by atoms with Crippen molar-refractivity contribution >= 4 is 17.8 Å². The summed E-state index contributed by atoms with van der Waals surface area (Å²) in [6.07, 6.45) is 5.45. The lowest BCUT2D eigenvalue weighted by Crippen LogP contribution is -2.22. The van der Waals surface area contributed by atoms with Gasteiger partial charge >= 0.3 is 5.97 Å². The Hall–Kier alpha value is -1.90. The molecule has 1 aliphatic rings.